The van der Waals surface area contributed by atoms with E-state index in [1.54, 1.807) is 0 Å². The van der Waals surface area contributed by atoms with Gasteiger partial charge in [0.05, 0.1) is 11.7 Å². The average Bonchev–Trinajstić information content (AvgIpc) is 2.95. The number of nitrogens with one attached hydrogen (secondary N) is 1. The molecule has 0 aliphatic heterocycles. The van der Waals surface area contributed by atoms with E-state index in [1.807, 2.05) is 20.8 Å². The summed E-state index contributed by atoms with van der Waals surface area (Å²) in [5, 5.41) is 13.5. The second kappa shape index (κ2) is 4.45. The number of rotatable bonds is 5. The molecular weight excluding hydrogens is 242 g/mol. The molecule has 4 nitrogen and oxygen atoms in total. The molecular formula is C15H27NO3. The molecule has 0 radical (unpaired) electrons. The zero-order chi connectivity index (χ0) is 14.5. The molecule has 2 unspecified atom stereocenters. The molecule has 0 heterocycles. The molecule has 2 N–H and O–H groups in total. The molecule has 0 saturated heterocycles. The fourth-order valence-electron chi connectivity index (χ4n) is 3.03. The normalized spacial score (nSPS) is 38.4. The van der Waals surface area contributed by atoms with Gasteiger partial charge in [0.1, 0.15) is 0 Å². The van der Waals surface area contributed by atoms with Crippen LogP contribution in [0.2, 0.25) is 0 Å². The molecule has 0 aromatic rings. The summed E-state index contributed by atoms with van der Waals surface area (Å²) >= 11 is 0. The van der Waals surface area contributed by atoms with E-state index in [9.17, 15) is 9.90 Å². The SMILES string of the molecule is CCOC1CC(O)(CNC(=O)[C@H]2CC2(C)C)C1(C)C. The molecule has 0 aromatic carbocycles. The maximum Gasteiger partial charge on any atom is 0.223 e. The Morgan fingerprint density at radius 2 is 1.89 bits per heavy atom. The highest BCUT2D eigenvalue weighted by molar-refractivity contribution is 5.82. The average molecular weight is 269 g/mol. The summed E-state index contributed by atoms with van der Waals surface area (Å²) in [7, 11) is 0. The van der Waals surface area contributed by atoms with Gasteiger partial charge in [-0.15, -0.1) is 0 Å². The lowest BCUT2D eigenvalue weighted by atomic mass is 9.56. The minimum atomic E-state index is -0.846. The number of hydrogen-bond donors (Lipinski definition) is 2. The van der Waals surface area contributed by atoms with Crippen LogP contribution in [0.5, 0.6) is 0 Å². The Balaban J connectivity index is 1.85. The van der Waals surface area contributed by atoms with E-state index < -0.39 is 5.60 Å². The number of hydrogen-bond acceptors (Lipinski definition) is 3. The maximum absolute atomic E-state index is 12.0. The van der Waals surface area contributed by atoms with Crippen LogP contribution in [0.4, 0.5) is 0 Å². The van der Waals surface area contributed by atoms with Crippen molar-refractivity contribution < 1.29 is 14.6 Å². The van der Waals surface area contributed by atoms with E-state index in [-0.39, 0.29) is 28.8 Å². The molecule has 0 spiro atoms. The van der Waals surface area contributed by atoms with Gasteiger partial charge in [-0.1, -0.05) is 27.7 Å². The third kappa shape index (κ3) is 2.40. The van der Waals surface area contributed by atoms with Crippen LogP contribution in [0.3, 0.4) is 0 Å². The first-order valence-electron chi connectivity index (χ1n) is 7.26. The lowest BCUT2D eigenvalue weighted by Gasteiger charge is -2.58. The summed E-state index contributed by atoms with van der Waals surface area (Å²) in [5.41, 5.74) is -1.02. The first-order valence-corrected chi connectivity index (χ1v) is 7.26. The molecule has 2 saturated carbocycles. The Morgan fingerprint density at radius 3 is 2.32 bits per heavy atom. The highest BCUT2D eigenvalue weighted by atomic mass is 16.5. The van der Waals surface area contributed by atoms with Crippen LogP contribution < -0.4 is 5.32 Å². The molecule has 0 aromatic heterocycles. The van der Waals surface area contributed by atoms with Gasteiger partial charge in [0, 0.05) is 30.9 Å². The predicted molar refractivity (Wildman–Crippen MR) is 73.7 cm³/mol. The fraction of sp³-hybridized carbons (Fsp3) is 0.933. The lowest BCUT2D eigenvalue weighted by Crippen LogP contribution is -2.68. The molecule has 2 fully saturated rings. The largest absolute Gasteiger partial charge is 0.387 e. The van der Waals surface area contributed by atoms with Crippen molar-refractivity contribution >= 4 is 5.91 Å². The van der Waals surface area contributed by atoms with Gasteiger partial charge >= 0.3 is 0 Å². The van der Waals surface area contributed by atoms with Crippen molar-refractivity contribution in [1.82, 2.24) is 5.32 Å². The molecule has 1 amide bonds. The molecule has 4 heteroatoms. The summed E-state index contributed by atoms with van der Waals surface area (Å²) < 4.78 is 5.62. The predicted octanol–water partition coefficient (Wildman–Crippen LogP) is 1.71. The van der Waals surface area contributed by atoms with Gasteiger partial charge in [0.2, 0.25) is 5.91 Å². The van der Waals surface area contributed by atoms with Crippen LogP contribution in [-0.4, -0.2) is 35.9 Å². The maximum atomic E-state index is 12.0. The Labute approximate surface area is 115 Å². The zero-order valence-electron chi connectivity index (χ0n) is 12.7. The summed E-state index contributed by atoms with van der Waals surface area (Å²) in [6, 6.07) is 0. The Hall–Kier alpha value is -0.610. The minimum absolute atomic E-state index is 0.0779. The van der Waals surface area contributed by atoms with Crippen molar-refractivity contribution in [2.75, 3.05) is 13.2 Å². The Morgan fingerprint density at radius 1 is 1.32 bits per heavy atom. The van der Waals surface area contributed by atoms with E-state index >= 15 is 0 Å². The van der Waals surface area contributed by atoms with Crippen LogP contribution >= 0.6 is 0 Å². The van der Waals surface area contributed by atoms with Crippen LogP contribution in [0.15, 0.2) is 0 Å². The van der Waals surface area contributed by atoms with Crippen molar-refractivity contribution in [2.45, 2.75) is 59.2 Å². The fourth-order valence-corrected chi connectivity index (χ4v) is 3.03. The van der Waals surface area contributed by atoms with Crippen molar-refractivity contribution in [3.05, 3.63) is 0 Å². The smallest absolute Gasteiger partial charge is 0.223 e. The highest BCUT2D eigenvalue weighted by Crippen LogP contribution is 2.53. The minimum Gasteiger partial charge on any atom is -0.387 e. The van der Waals surface area contributed by atoms with E-state index in [1.165, 1.54) is 0 Å². The van der Waals surface area contributed by atoms with E-state index in [4.69, 9.17) is 4.74 Å². The van der Waals surface area contributed by atoms with Crippen LogP contribution in [0.1, 0.15) is 47.5 Å². The lowest BCUT2D eigenvalue weighted by molar-refractivity contribution is -0.238. The molecule has 0 bridgehead atoms. The van der Waals surface area contributed by atoms with Gasteiger partial charge < -0.3 is 15.2 Å². The van der Waals surface area contributed by atoms with E-state index in [0.717, 1.165) is 6.42 Å². The molecule has 2 rings (SSSR count). The van der Waals surface area contributed by atoms with E-state index in [2.05, 4.69) is 19.2 Å². The number of carbonyl (C=O) groups excluding carboxylic acids is 1. The van der Waals surface area contributed by atoms with Crippen molar-refractivity contribution in [2.24, 2.45) is 16.7 Å². The first-order chi connectivity index (χ1) is 8.64. The van der Waals surface area contributed by atoms with Gasteiger partial charge in [0.25, 0.3) is 0 Å². The summed E-state index contributed by atoms with van der Waals surface area (Å²) in [6.45, 7) is 11.2. The Bertz CT molecular complexity index is 378. The molecule has 19 heavy (non-hydrogen) atoms. The van der Waals surface area contributed by atoms with Crippen LogP contribution in [0, 0.1) is 16.7 Å². The Kier molecular flexibility index (Phi) is 3.47. The molecule has 2 aliphatic carbocycles. The zero-order valence-corrected chi connectivity index (χ0v) is 12.7. The molecule has 2 aliphatic rings. The monoisotopic (exact) mass is 269 g/mol. The number of amides is 1. The second-order valence-electron chi connectivity index (χ2n) is 7.36. The van der Waals surface area contributed by atoms with Gasteiger partial charge in [-0.05, 0) is 18.8 Å². The first kappa shape index (κ1) is 14.8. The van der Waals surface area contributed by atoms with Gasteiger partial charge in [-0.25, -0.2) is 0 Å². The standard InChI is InChI=1S/C15H27NO3/c1-6-19-11-8-15(18,14(11,4)5)9-16-12(17)10-7-13(10,2)3/h10-11,18H,6-9H2,1-5H3,(H,16,17)/t10-,11?,15?/m1/s1. The third-order valence-electron chi connectivity index (χ3n) is 5.28. The van der Waals surface area contributed by atoms with Gasteiger partial charge in [0.15, 0.2) is 0 Å². The molecule has 3 atom stereocenters. The van der Waals surface area contributed by atoms with Crippen LogP contribution in [-0.2, 0) is 9.53 Å². The topological polar surface area (TPSA) is 58.6 Å². The molecule has 110 valence electrons. The highest BCUT2D eigenvalue weighted by Gasteiger charge is 2.60. The summed E-state index contributed by atoms with van der Waals surface area (Å²) in [4.78, 5) is 12.0. The van der Waals surface area contributed by atoms with Gasteiger partial charge in [-0.3, -0.25) is 4.79 Å². The van der Waals surface area contributed by atoms with Crippen LogP contribution in [0.25, 0.3) is 0 Å². The van der Waals surface area contributed by atoms with E-state index in [0.29, 0.717) is 19.6 Å². The second-order valence-corrected chi connectivity index (χ2v) is 7.36. The summed E-state index contributed by atoms with van der Waals surface area (Å²) in [5.74, 6) is 0.191. The number of carbonyl (C=O) groups is 1. The summed E-state index contributed by atoms with van der Waals surface area (Å²) in [6.07, 6.45) is 1.63. The number of ether oxygens (including phenoxy) is 1. The third-order valence-corrected chi connectivity index (χ3v) is 5.28. The quantitative estimate of drug-likeness (QED) is 0.799. The van der Waals surface area contributed by atoms with Crippen molar-refractivity contribution in [1.29, 1.82) is 0 Å². The number of aliphatic hydroxyl groups is 1. The van der Waals surface area contributed by atoms with Gasteiger partial charge in [-0.2, -0.15) is 0 Å². The van der Waals surface area contributed by atoms with Crippen molar-refractivity contribution in [3.63, 3.8) is 0 Å². The van der Waals surface area contributed by atoms with Crippen molar-refractivity contribution in [3.8, 4) is 0 Å².